The van der Waals surface area contributed by atoms with Crippen LogP contribution in [0.3, 0.4) is 0 Å². The number of nitrogens with one attached hydrogen (secondary N) is 2. The summed E-state index contributed by atoms with van der Waals surface area (Å²) in [5.74, 6) is 0.359. The monoisotopic (exact) mass is 254 g/mol. The Hall–Kier alpha value is -0.330. The van der Waals surface area contributed by atoms with Crippen molar-refractivity contribution in [1.29, 1.82) is 0 Å². The standard InChI is InChI=1S/C8H15ClN2O3S/c9-4-1-5-15(13,14)10-6-7-2-3-8(12)11-7/h7,10H,1-6H2,(H,11,12). The fourth-order valence-corrected chi connectivity index (χ4v) is 2.79. The van der Waals surface area contributed by atoms with Gasteiger partial charge >= 0.3 is 0 Å². The van der Waals surface area contributed by atoms with Gasteiger partial charge in [0.15, 0.2) is 0 Å². The molecule has 1 saturated heterocycles. The smallest absolute Gasteiger partial charge is 0.220 e. The summed E-state index contributed by atoms with van der Waals surface area (Å²) in [4.78, 5) is 10.8. The van der Waals surface area contributed by atoms with Crippen LogP contribution in [-0.4, -0.2) is 38.5 Å². The Morgan fingerprint density at radius 1 is 1.53 bits per heavy atom. The summed E-state index contributed by atoms with van der Waals surface area (Å²) < 4.78 is 25.1. The molecule has 7 heteroatoms. The number of hydrogen-bond donors (Lipinski definition) is 2. The number of alkyl halides is 1. The molecule has 0 radical (unpaired) electrons. The number of sulfonamides is 1. The molecule has 1 heterocycles. The van der Waals surface area contributed by atoms with Crippen LogP contribution in [0.2, 0.25) is 0 Å². The predicted molar refractivity (Wildman–Crippen MR) is 58.3 cm³/mol. The summed E-state index contributed by atoms with van der Waals surface area (Å²) >= 11 is 5.40. The third-order valence-corrected chi connectivity index (χ3v) is 3.88. The van der Waals surface area contributed by atoms with Gasteiger partial charge in [-0.3, -0.25) is 4.79 Å². The van der Waals surface area contributed by atoms with Crippen LogP contribution in [0.25, 0.3) is 0 Å². The van der Waals surface area contributed by atoms with Crippen molar-refractivity contribution in [3.63, 3.8) is 0 Å². The Balaban J connectivity index is 2.27. The number of hydrogen-bond acceptors (Lipinski definition) is 3. The van der Waals surface area contributed by atoms with Crippen molar-refractivity contribution in [2.45, 2.75) is 25.3 Å². The molecule has 2 N–H and O–H groups in total. The van der Waals surface area contributed by atoms with E-state index < -0.39 is 10.0 Å². The summed E-state index contributed by atoms with van der Waals surface area (Å²) in [6.07, 6.45) is 1.61. The Labute approximate surface area is 94.6 Å². The Morgan fingerprint density at radius 2 is 2.27 bits per heavy atom. The van der Waals surface area contributed by atoms with Crippen molar-refractivity contribution in [3.8, 4) is 0 Å². The van der Waals surface area contributed by atoms with E-state index in [4.69, 9.17) is 11.6 Å². The molecule has 1 aliphatic heterocycles. The maximum atomic E-state index is 11.3. The molecule has 88 valence electrons. The molecule has 1 atom stereocenters. The lowest BCUT2D eigenvalue weighted by atomic mass is 10.2. The molecule has 15 heavy (non-hydrogen) atoms. The van der Waals surface area contributed by atoms with Crippen LogP contribution in [0.4, 0.5) is 0 Å². The van der Waals surface area contributed by atoms with E-state index in [0.717, 1.165) is 0 Å². The third-order valence-electron chi connectivity index (χ3n) is 2.18. The molecule has 1 rings (SSSR count). The highest BCUT2D eigenvalue weighted by atomic mass is 35.5. The van der Waals surface area contributed by atoms with Crippen molar-refractivity contribution in [3.05, 3.63) is 0 Å². The van der Waals surface area contributed by atoms with Crippen molar-refractivity contribution in [2.24, 2.45) is 0 Å². The molecular formula is C8H15ClN2O3S. The average Bonchev–Trinajstić information content (AvgIpc) is 2.59. The molecule has 1 unspecified atom stereocenters. The molecule has 0 aromatic rings. The van der Waals surface area contributed by atoms with Crippen LogP contribution in [0.1, 0.15) is 19.3 Å². The second-order valence-corrected chi connectivity index (χ2v) is 5.82. The van der Waals surface area contributed by atoms with Gasteiger partial charge in [-0.05, 0) is 12.8 Å². The van der Waals surface area contributed by atoms with Gasteiger partial charge in [0, 0.05) is 24.9 Å². The van der Waals surface area contributed by atoms with Gasteiger partial charge in [-0.2, -0.15) is 0 Å². The van der Waals surface area contributed by atoms with Crippen LogP contribution in [0, 0.1) is 0 Å². The first-order valence-electron chi connectivity index (χ1n) is 4.86. The van der Waals surface area contributed by atoms with Crippen LogP contribution in [0.15, 0.2) is 0 Å². The highest BCUT2D eigenvalue weighted by Gasteiger charge is 2.22. The van der Waals surface area contributed by atoms with Crippen molar-refractivity contribution in [1.82, 2.24) is 10.0 Å². The molecule has 0 spiro atoms. The van der Waals surface area contributed by atoms with E-state index in [2.05, 4.69) is 10.0 Å². The molecule has 0 bridgehead atoms. The SMILES string of the molecule is O=C1CCC(CNS(=O)(=O)CCCCl)N1. The topological polar surface area (TPSA) is 75.3 Å². The van der Waals surface area contributed by atoms with Gasteiger partial charge in [0.25, 0.3) is 0 Å². The van der Waals surface area contributed by atoms with E-state index in [-0.39, 0.29) is 24.2 Å². The maximum absolute atomic E-state index is 11.3. The lowest BCUT2D eigenvalue weighted by Gasteiger charge is -2.11. The molecule has 1 aliphatic rings. The number of carbonyl (C=O) groups excluding carboxylic acids is 1. The van der Waals surface area contributed by atoms with Gasteiger partial charge in [0.05, 0.1) is 5.75 Å². The van der Waals surface area contributed by atoms with Crippen molar-refractivity contribution < 1.29 is 13.2 Å². The van der Waals surface area contributed by atoms with Gasteiger partial charge in [0.2, 0.25) is 15.9 Å². The van der Waals surface area contributed by atoms with Crippen molar-refractivity contribution >= 4 is 27.5 Å². The fraction of sp³-hybridized carbons (Fsp3) is 0.875. The van der Waals surface area contributed by atoms with E-state index in [1.54, 1.807) is 0 Å². The van der Waals surface area contributed by atoms with Gasteiger partial charge < -0.3 is 5.32 Å². The minimum atomic E-state index is -3.23. The molecule has 5 nitrogen and oxygen atoms in total. The Kier molecular flexibility index (Phi) is 4.82. The number of halogens is 1. The molecule has 1 amide bonds. The van der Waals surface area contributed by atoms with Gasteiger partial charge in [-0.1, -0.05) is 0 Å². The van der Waals surface area contributed by atoms with Crippen LogP contribution >= 0.6 is 11.6 Å². The maximum Gasteiger partial charge on any atom is 0.220 e. The second kappa shape index (κ2) is 5.67. The summed E-state index contributed by atoms with van der Waals surface area (Å²) in [6.45, 7) is 0.274. The van der Waals surface area contributed by atoms with Gasteiger partial charge in [0.1, 0.15) is 0 Å². The van der Waals surface area contributed by atoms with E-state index >= 15 is 0 Å². The molecule has 1 fully saturated rings. The van der Waals surface area contributed by atoms with E-state index in [1.807, 2.05) is 0 Å². The molecule has 0 aromatic carbocycles. The normalized spacial score (nSPS) is 21.7. The zero-order valence-electron chi connectivity index (χ0n) is 8.33. The highest BCUT2D eigenvalue weighted by molar-refractivity contribution is 7.89. The van der Waals surface area contributed by atoms with E-state index in [0.29, 0.717) is 25.1 Å². The number of amides is 1. The molecule has 0 saturated carbocycles. The third kappa shape index (κ3) is 4.81. The lowest BCUT2D eigenvalue weighted by Crippen LogP contribution is -2.39. The number of rotatable bonds is 6. The van der Waals surface area contributed by atoms with E-state index in [1.165, 1.54) is 0 Å². The van der Waals surface area contributed by atoms with E-state index in [9.17, 15) is 13.2 Å². The zero-order chi connectivity index (χ0) is 11.3. The molecule has 0 aromatic heterocycles. The summed E-state index contributed by atoms with van der Waals surface area (Å²) in [6, 6.07) is -0.0664. The first-order valence-corrected chi connectivity index (χ1v) is 7.05. The van der Waals surface area contributed by atoms with Gasteiger partial charge in [-0.15, -0.1) is 11.6 Å². The van der Waals surface area contributed by atoms with Gasteiger partial charge in [-0.25, -0.2) is 13.1 Å². The quantitative estimate of drug-likeness (QED) is 0.646. The highest BCUT2D eigenvalue weighted by Crippen LogP contribution is 2.05. The fourth-order valence-electron chi connectivity index (χ4n) is 1.37. The summed E-state index contributed by atoms with van der Waals surface area (Å²) in [7, 11) is -3.23. The first-order chi connectivity index (χ1) is 7.03. The minimum absolute atomic E-state index is 0.0139. The zero-order valence-corrected chi connectivity index (χ0v) is 9.90. The average molecular weight is 255 g/mol. The largest absolute Gasteiger partial charge is 0.352 e. The summed E-state index contributed by atoms with van der Waals surface area (Å²) in [5.41, 5.74) is 0. The van der Waals surface area contributed by atoms with Crippen molar-refractivity contribution in [2.75, 3.05) is 18.2 Å². The van der Waals surface area contributed by atoms with Crippen LogP contribution < -0.4 is 10.0 Å². The second-order valence-electron chi connectivity index (χ2n) is 3.51. The van der Waals surface area contributed by atoms with Crippen LogP contribution in [0.5, 0.6) is 0 Å². The number of carbonyl (C=O) groups is 1. The first kappa shape index (κ1) is 12.7. The predicted octanol–water partition coefficient (Wildman–Crippen LogP) is -0.187. The minimum Gasteiger partial charge on any atom is -0.352 e. The molecular weight excluding hydrogens is 240 g/mol. The molecule has 0 aliphatic carbocycles. The Bertz CT molecular complexity index is 318. The Morgan fingerprint density at radius 3 is 2.80 bits per heavy atom. The van der Waals surface area contributed by atoms with Crippen LogP contribution in [-0.2, 0) is 14.8 Å². The lowest BCUT2D eigenvalue weighted by molar-refractivity contribution is -0.119. The summed E-state index contributed by atoms with van der Waals surface area (Å²) in [5, 5.41) is 2.69.